The lowest BCUT2D eigenvalue weighted by atomic mass is 10.0. The van der Waals surface area contributed by atoms with Gasteiger partial charge in [-0.1, -0.05) is 78.5 Å². The van der Waals surface area contributed by atoms with Gasteiger partial charge in [0.15, 0.2) is 11.0 Å². The number of fused-ring (bicyclic) bond motifs is 5. The van der Waals surface area contributed by atoms with E-state index >= 15 is 0 Å². The van der Waals surface area contributed by atoms with E-state index in [1.165, 1.54) is 10.5 Å². The van der Waals surface area contributed by atoms with Crippen LogP contribution in [-0.4, -0.2) is 30.8 Å². The molecule has 30 heavy (non-hydrogen) atoms. The van der Waals surface area contributed by atoms with Crippen LogP contribution in [0.25, 0.3) is 22.4 Å². The van der Waals surface area contributed by atoms with E-state index in [2.05, 4.69) is 81.5 Å². The Labute approximate surface area is 183 Å². The van der Waals surface area contributed by atoms with Crippen molar-refractivity contribution in [2.45, 2.75) is 21.3 Å². The van der Waals surface area contributed by atoms with Crippen molar-refractivity contribution in [3.05, 3.63) is 90.5 Å². The zero-order valence-corrected chi connectivity index (χ0v) is 17.7. The van der Waals surface area contributed by atoms with Gasteiger partial charge in [0.05, 0.1) is 11.6 Å². The first kappa shape index (κ1) is 18.0. The van der Waals surface area contributed by atoms with Gasteiger partial charge in [-0.3, -0.25) is 4.57 Å². The monoisotopic (exact) mass is 426 g/mol. The average Bonchev–Trinajstić information content (AvgIpc) is 3.19. The molecular formula is C24H18N4S2. The molecule has 0 bridgehead atoms. The van der Waals surface area contributed by atoms with E-state index in [1.807, 2.05) is 30.0 Å². The van der Waals surface area contributed by atoms with Gasteiger partial charge < -0.3 is 0 Å². The summed E-state index contributed by atoms with van der Waals surface area (Å²) in [5.41, 5.74) is 3.12. The third kappa shape index (κ3) is 2.99. The second-order valence-corrected chi connectivity index (χ2v) is 9.59. The first-order valence-electron chi connectivity index (χ1n) is 9.91. The highest BCUT2D eigenvalue weighted by Gasteiger charge is 2.36. The standard InChI is InChI=1S/C24H18N4S2/c1-3-9-16(10-4-1)22-20(30-17-11-5-2-6-12-17)15-29-24-27-26-21-18-13-7-8-14-19(18)25-23(21)28(22)24/h1-14,20,22H,15H2. The van der Waals surface area contributed by atoms with Crippen molar-refractivity contribution in [1.82, 2.24) is 19.7 Å². The van der Waals surface area contributed by atoms with Crippen LogP contribution in [0.1, 0.15) is 11.6 Å². The van der Waals surface area contributed by atoms with Gasteiger partial charge in [0.1, 0.15) is 5.69 Å². The number of nitrogens with zero attached hydrogens (tertiary/aromatic N) is 4. The number of benzene rings is 3. The first-order valence-corrected chi connectivity index (χ1v) is 11.8. The molecule has 4 nitrogen and oxygen atoms in total. The van der Waals surface area contributed by atoms with Crippen molar-refractivity contribution in [3.63, 3.8) is 0 Å². The highest BCUT2D eigenvalue weighted by molar-refractivity contribution is 8.03. The Kier molecular flexibility index (Phi) is 4.47. The molecule has 0 radical (unpaired) electrons. The fourth-order valence-electron chi connectivity index (χ4n) is 4.11. The van der Waals surface area contributed by atoms with Gasteiger partial charge in [0.25, 0.3) is 0 Å². The average molecular weight is 427 g/mol. The van der Waals surface area contributed by atoms with Crippen molar-refractivity contribution in [1.29, 1.82) is 0 Å². The summed E-state index contributed by atoms with van der Waals surface area (Å²) in [5, 5.41) is 11.5. The summed E-state index contributed by atoms with van der Waals surface area (Å²) in [4.78, 5) is 6.27. The molecule has 0 amide bonds. The zero-order chi connectivity index (χ0) is 19.9. The van der Waals surface area contributed by atoms with E-state index in [4.69, 9.17) is 4.98 Å². The molecule has 3 aromatic carbocycles. The fourth-order valence-corrected chi connectivity index (χ4v) is 6.59. The number of rotatable bonds is 3. The Balaban J connectivity index is 1.55. The lowest BCUT2D eigenvalue weighted by Crippen LogP contribution is -2.32. The van der Waals surface area contributed by atoms with Crippen molar-refractivity contribution in [2.75, 3.05) is 5.75 Å². The number of para-hydroxylation sites is 1. The van der Waals surface area contributed by atoms with Crippen LogP contribution >= 0.6 is 23.5 Å². The van der Waals surface area contributed by atoms with E-state index < -0.39 is 0 Å². The first-order chi connectivity index (χ1) is 14.9. The summed E-state index contributed by atoms with van der Waals surface area (Å²) < 4.78 is 2.31. The van der Waals surface area contributed by atoms with E-state index in [9.17, 15) is 0 Å². The predicted octanol–water partition coefficient (Wildman–Crippen LogP) is 5.79. The largest absolute Gasteiger partial charge is 0.293 e. The van der Waals surface area contributed by atoms with Crippen LogP contribution in [-0.2, 0) is 0 Å². The Hall–Kier alpha value is -2.83. The molecule has 0 saturated heterocycles. The number of aromatic nitrogens is 4. The van der Waals surface area contributed by atoms with Crippen LogP contribution in [0.2, 0.25) is 0 Å². The van der Waals surface area contributed by atoms with Gasteiger partial charge in [-0.25, -0.2) is 4.98 Å². The lowest BCUT2D eigenvalue weighted by Gasteiger charge is -2.35. The van der Waals surface area contributed by atoms with Crippen molar-refractivity contribution >= 4 is 34.4 Å². The highest BCUT2D eigenvalue weighted by atomic mass is 32.2. The molecule has 6 heteroatoms. The Bertz CT molecular complexity index is 1290. The predicted molar refractivity (Wildman–Crippen MR) is 123 cm³/mol. The summed E-state index contributed by atoms with van der Waals surface area (Å²) in [6.07, 6.45) is 0. The molecule has 3 aromatic rings. The van der Waals surface area contributed by atoms with E-state index in [0.717, 1.165) is 33.3 Å². The maximum atomic E-state index is 4.98. The molecule has 2 unspecified atom stereocenters. The van der Waals surface area contributed by atoms with E-state index in [1.54, 1.807) is 11.8 Å². The summed E-state index contributed by atoms with van der Waals surface area (Å²) in [6.45, 7) is 0. The SMILES string of the molecule is c1ccc(SC2CSc3nnc4c5ccccc5nc-4n3C2c2ccccc2)cc1. The maximum Gasteiger partial charge on any atom is 0.192 e. The molecule has 3 heterocycles. The summed E-state index contributed by atoms with van der Waals surface area (Å²) in [6, 6.07) is 29.7. The second kappa shape index (κ2) is 7.45. The third-order valence-electron chi connectivity index (χ3n) is 5.45. The quantitative estimate of drug-likeness (QED) is 0.365. The third-order valence-corrected chi connectivity index (χ3v) is 7.99. The second-order valence-electron chi connectivity index (χ2n) is 7.29. The molecule has 146 valence electrons. The minimum Gasteiger partial charge on any atom is -0.293 e. The summed E-state index contributed by atoms with van der Waals surface area (Å²) >= 11 is 3.70. The number of hydrogen-bond acceptors (Lipinski definition) is 5. The van der Waals surface area contributed by atoms with Crippen LogP contribution < -0.4 is 0 Å². The minimum atomic E-state index is 0.134. The molecule has 0 aliphatic carbocycles. The van der Waals surface area contributed by atoms with Crippen LogP contribution in [0.15, 0.2) is 95.0 Å². The molecule has 6 rings (SSSR count). The van der Waals surface area contributed by atoms with Gasteiger partial charge in [-0.2, -0.15) is 0 Å². The summed E-state index contributed by atoms with van der Waals surface area (Å²) in [7, 11) is 0. The lowest BCUT2D eigenvalue weighted by molar-refractivity contribution is 0.494. The van der Waals surface area contributed by atoms with Crippen LogP contribution in [0, 0.1) is 0 Å². The Morgan fingerprint density at radius 1 is 0.833 bits per heavy atom. The fraction of sp³-hybridized carbons (Fsp3) is 0.125. The minimum absolute atomic E-state index is 0.134. The molecule has 0 fully saturated rings. The van der Waals surface area contributed by atoms with Gasteiger partial charge in [-0.15, -0.1) is 22.0 Å². The van der Waals surface area contributed by atoms with Crippen LogP contribution in [0.4, 0.5) is 0 Å². The van der Waals surface area contributed by atoms with Crippen LogP contribution in [0.3, 0.4) is 0 Å². The smallest absolute Gasteiger partial charge is 0.192 e. The van der Waals surface area contributed by atoms with E-state index in [-0.39, 0.29) is 6.04 Å². The maximum absolute atomic E-state index is 4.98. The molecule has 0 N–H and O–H groups in total. The van der Waals surface area contributed by atoms with E-state index in [0.29, 0.717) is 5.25 Å². The van der Waals surface area contributed by atoms with Crippen molar-refractivity contribution < 1.29 is 0 Å². The molecule has 2 atom stereocenters. The zero-order valence-electron chi connectivity index (χ0n) is 16.1. The molecule has 0 spiro atoms. The van der Waals surface area contributed by atoms with Gasteiger partial charge in [0.2, 0.25) is 0 Å². The van der Waals surface area contributed by atoms with Gasteiger partial charge >= 0.3 is 0 Å². The van der Waals surface area contributed by atoms with Crippen molar-refractivity contribution in [3.8, 4) is 11.5 Å². The molecule has 0 aromatic heterocycles. The van der Waals surface area contributed by atoms with Crippen molar-refractivity contribution in [2.24, 2.45) is 0 Å². The Morgan fingerprint density at radius 2 is 1.57 bits per heavy atom. The van der Waals surface area contributed by atoms with Gasteiger partial charge in [0, 0.05) is 21.3 Å². The number of thioether (sulfide) groups is 2. The highest BCUT2D eigenvalue weighted by Crippen LogP contribution is 2.45. The molecule has 3 aliphatic heterocycles. The number of hydrogen-bond donors (Lipinski definition) is 0. The molecular weight excluding hydrogens is 408 g/mol. The topological polar surface area (TPSA) is 43.6 Å². The van der Waals surface area contributed by atoms with Gasteiger partial charge in [-0.05, 0) is 23.8 Å². The summed E-state index contributed by atoms with van der Waals surface area (Å²) in [5.74, 6) is 1.89. The Morgan fingerprint density at radius 3 is 2.40 bits per heavy atom. The normalized spacial score (nSPS) is 18.5. The van der Waals surface area contributed by atoms with Crippen LogP contribution in [0.5, 0.6) is 0 Å². The molecule has 0 saturated carbocycles. The molecule has 3 aliphatic rings.